The lowest BCUT2D eigenvalue weighted by atomic mass is 9.40. The zero-order valence-electron chi connectivity index (χ0n) is 45.7. The van der Waals surface area contributed by atoms with Gasteiger partial charge < -0.3 is 9.30 Å². The van der Waals surface area contributed by atoms with Crippen LogP contribution < -0.4 is 26.0 Å². The Labute approximate surface area is 378 Å². The zero-order valence-corrected chi connectivity index (χ0v) is 32.7. The van der Waals surface area contributed by atoms with Crippen molar-refractivity contribution >= 4 is 45.6 Å². The van der Waals surface area contributed by atoms with E-state index in [1.807, 2.05) is 72.8 Å². The molecule has 0 N–H and O–H groups in total. The summed E-state index contributed by atoms with van der Waals surface area (Å²) < 4.78 is 127. The Morgan fingerprint density at radius 1 is 0.532 bits per heavy atom. The van der Waals surface area contributed by atoms with Crippen LogP contribution in [-0.2, 0) is 0 Å². The molecule has 0 amide bonds. The van der Waals surface area contributed by atoms with Gasteiger partial charge in [-0.1, -0.05) is 199 Å². The second kappa shape index (κ2) is 16.1. The van der Waals surface area contributed by atoms with E-state index in [0.29, 0.717) is 28.1 Å². The van der Waals surface area contributed by atoms with Crippen LogP contribution in [-0.4, -0.2) is 25.8 Å². The second-order valence-electron chi connectivity index (χ2n) is 14.2. The number of rotatable bonds is 10. The van der Waals surface area contributed by atoms with Crippen LogP contribution in [0.5, 0.6) is 11.6 Å². The Morgan fingerprint density at radius 3 is 1.79 bits per heavy atom. The minimum Gasteiger partial charge on any atom is -0.439 e. The minimum atomic E-state index is -0.779. The zero-order chi connectivity index (χ0) is 52.6. The van der Waals surface area contributed by atoms with E-state index in [4.69, 9.17) is 29.8 Å². The lowest BCUT2D eigenvalue weighted by Crippen LogP contribution is -2.55. The third-order valence-corrected chi connectivity index (χ3v) is 10.5. The Bertz CT molecular complexity index is 3910. The molecule has 0 aliphatic rings. The third kappa shape index (κ3) is 6.81. The molecule has 0 aliphatic carbocycles. The Balaban J connectivity index is 1.09. The molecule has 0 aliphatic heterocycles. The van der Waals surface area contributed by atoms with Crippen molar-refractivity contribution in [3.05, 3.63) is 237 Å². The molecule has 0 unspecified atom stereocenters. The molecule has 3 heterocycles. The molecule has 11 aromatic rings. The molecule has 62 heavy (non-hydrogen) atoms. The number of hydrogen-bond acceptors (Lipinski definition) is 3. The minimum absolute atomic E-state index is 0.240. The summed E-state index contributed by atoms with van der Waals surface area (Å²) in [5.74, 6) is 0.593. The molecule has 0 spiro atoms. The van der Waals surface area contributed by atoms with Crippen molar-refractivity contribution in [2.45, 2.75) is 0 Å². The van der Waals surface area contributed by atoms with Crippen LogP contribution in [0, 0.1) is 6.33 Å². The summed E-state index contributed by atoms with van der Waals surface area (Å²) in [5.41, 5.74) is 4.06. The fourth-order valence-electron chi connectivity index (χ4n) is 7.80. The number of pyridine rings is 1. The Kier molecular flexibility index (Phi) is 6.57. The highest BCUT2D eigenvalue weighted by molar-refractivity contribution is 6.94. The van der Waals surface area contributed by atoms with E-state index in [0.717, 1.165) is 27.9 Å². The highest BCUT2D eigenvalue weighted by Gasteiger charge is 2.29. The van der Waals surface area contributed by atoms with Gasteiger partial charge in [0, 0.05) is 11.8 Å². The summed E-state index contributed by atoms with van der Waals surface area (Å²) in [7, 11) is 0. The molecule has 6 nitrogen and oxygen atoms in total. The van der Waals surface area contributed by atoms with Crippen molar-refractivity contribution in [3.63, 3.8) is 0 Å². The van der Waals surface area contributed by atoms with E-state index in [-0.39, 0.29) is 18.3 Å². The van der Waals surface area contributed by atoms with E-state index >= 15 is 0 Å². The SMILES string of the molecule is [2H]c1c([2H])c([2H])c(-c2c([2H])c([2H])c([2H])c(-c3c([2H])c([2H])c([2H])c([2H])c3[2H])c2-[n+]2[c-]n(-c3cccc(Oc4ccc5c(n4)nc(B(c4ccccc4)c4ccccc4)n5-c4ccccc4)c3)c3ccccc32)c([2H])c1[2H]. The average molecular weight is 809 g/mol. The van der Waals surface area contributed by atoms with Crippen molar-refractivity contribution < 1.29 is 27.1 Å². The summed E-state index contributed by atoms with van der Waals surface area (Å²) >= 11 is 0. The molecule has 7 heteroatoms. The predicted molar refractivity (Wildman–Crippen MR) is 251 cm³/mol. The number of hydrogen-bond donors (Lipinski definition) is 0. The van der Waals surface area contributed by atoms with Gasteiger partial charge in [0.1, 0.15) is 5.75 Å². The van der Waals surface area contributed by atoms with Gasteiger partial charge in [-0.25, -0.2) is 4.98 Å². The topological polar surface area (TPSA) is 48.8 Å². The van der Waals surface area contributed by atoms with E-state index in [2.05, 4.69) is 35.2 Å². The number of para-hydroxylation sites is 4. The van der Waals surface area contributed by atoms with Gasteiger partial charge in [0.25, 0.3) is 13.0 Å². The maximum Gasteiger partial charge on any atom is 0.288 e. The number of aromatic nitrogens is 5. The molecule has 0 bridgehead atoms. The van der Waals surface area contributed by atoms with Crippen LogP contribution in [0.2, 0.25) is 0 Å². The molecule has 0 saturated carbocycles. The van der Waals surface area contributed by atoms with Crippen molar-refractivity contribution in [3.8, 4) is 50.9 Å². The van der Waals surface area contributed by atoms with E-state index in [1.165, 1.54) is 4.57 Å². The van der Waals surface area contributed by atoms with Gasteiger partial charge in [0.15, 0.2) is 5.65 Å². The number of nitrogens with zero attached hydrogens (tertiary/aromatic N) is 5. The molecule has 3 aromatic heterocycles. The molecule has 0 saturated heterocycles. The van der Waals surface area contributed by atoms with Gasteiger partial charge in [-0.05, 0) is 58.7 Å². The standard InChI is InChI=1S/C55H38BN5O/c1-6-20-40(21-7-1)47-32-19-33-48(41-22-8-2-9-23-41)53(47)60-39-59(49-34-16-17-35-50(49)60)45-30-18-31-46(38-45)62-52-37-36-51-54(57-52)58-55(61(51)44-28-14-5-15-29-44)56(42-24-10-3-11-25-42)43-26-12-4-13-27-43/h1-38H/i1D,2D,6D,7D,8D,9D,19D,20D,21D,22D,23D,32D,33D. The van der Waals surface area contributed by atoms with E-state index in [9.17, 15) is 2.74 Å². The van der Waals surface area contributed by atoms with Crippen molar-refractivity contribution in [1.82, 2.24) is 19.1 Å². The largest absolute Gasteiger partial charge is 0.439 e. The van der Waals surface area contributed by atoms with Gasteiger partial charge >= 0.3 is 0 Å². The van der Waals surface area contributed by atoms with Crippen LogP contribution in [0.3, 0.4) is 0 Å². The molecule has 0 atom stereocenters. The lowest BCUT2D eigenvalue weighted by molar-refractivity contribution is -0.571. The van der Waals surface area contributed by atoms with Gasteiger partial charge in [-0.15, -0.1) is 0 Å². The van der Waals surface area contributed by atoms with Gasteiger partial charge in [-0.3, -0.25) is 9.13 Å². The van der Waals surface area contributed by atoms with Crippen LogP contribution in [0.15, 0.2) is 230 Å². The van der Waals surface area contributed by atoms with Crippen molar-refractivity contribution in [2.75, 3.05) is 0 Å². The highest BCUT2D eigenvalue weighted by Crippen LogP contribution is 2.34. The van der Waals surface area contributed by atoms with E-state index < -0.39 is 101 Å². The van der Waals surface area contributed by atoms with Gasteiger partial charge in [0.05, 0.1) is 51.5 Å². The summed E-state index contributed by atoms with van der Waals surface area (Å²) in [6, 6.07) is 38.3. The van der Waals surface area contributed by atoms with Crippen molar-refractivity contribution in [1.29, 1.82) is 0 Å². The van der Waals surface area contributed by atoms with Crippen LogP contribution in [0.4, 0.5) is 0 Å². The summed E-state index contributed by atoms with van der Waals surface area (Å²) in [4.78, 5) is 10.2. The lowest BCUT2D eigenvalue weighted by Gasteiger charge is -2.17. The summed E-state index contributed by atoms with van der Waals surface area (Å²) in [6.07, 6.45) is 3.27. The van der Waals surface area contributed by atoms with Crippen molar-refractivity contribution in [2.24, 2.45) is 0 Å². The Hall–Kier alpha value is -8.29. The maximum atomic E-state index is 9.35. The summed E-state index contributed by atoms with van der Waals surface area (Å²) in [6.45, 7) is -0.259. The van der Waals surface area contributed by atoms with Gasteiger partial charge in [0.2, 0.25) is 5.88 Å². The van der Waals surface area contributed by atoms with E-state index in [1.54, 1.807) is 59.2 Å². The van der Waals surface area contributed by atoms with Crippen LogP contribution in [0.25, 0.3) is 61.5 Å². The fourth-order valence-corrected chi connectivity index (χ4v) is 7.80. The third-order valence-electron chi connectivity index (χ3n) is 10.5. The normalized spacial score (nSPS) is 14.2. The first-order valence-corrected chi connectivity index (χ1v) is 19.7. The molecular weight excluding hydrogens is 757 g/mol. The fraction of sp³-hybridized carbons (Fsp3) is 0. The maximum absolute atomic E-state index is 9.35. The molecule has 11 rings (SSSR count). The number of benzene rings is 8. The molecule has 292 valence electrons. The highest BCUT2D eigenvalue weighted by atomic mass is 16.5. The average Bonchev–Trinajstić information content (AvgIpc) is 4.01. The summed E-state index contributed by atoms with van der Waals surface area (Å²) in [5, 5.41) is 0. The number of fused-ring (bicyclic) bond motifs is 2. The number of imidazole rings is 2. The first-order chi connectivity index (χ1) is 36.2. The smallest absolute Gasteiger partial charge is 0.288 e. The number of ether oxygens (including phenoxy) is 1. The molecular formula is C55H38BN5O. The Morgan fingerprint density at radius 2 is 1.13 bits per heavy atom. The monoisotopic (exact) mass is 808 g/mol. The van der Waals surface area contributed by atoms with Crippen LogP contribution >= 0.6 is 0 Å². The second-order valence-corrected chi connectivity index (χ2v) is 14.2. The predicted octanol–water partition coefficient (Wildman–Crippen LogP) is 10.1. The molecule has 8 aromatic carbocycles. The first-order valence-electron chi connectivity index (χ1n) is 26.2. The molecule has 0 fully saturated rings. The first kappa shape index (κ1) is 25.4. The van der Waals surface area contributed by atoms with Gasteiger partial charge in [-0.2, -0.15) is 4.98 Å². The molecule has 0 radical (unpaired) electrons. The quantitative estimate of drug-likeness (QED) is 0.0786. The van der Waals surface area contributed by atoms with Crippen LogP contribution in [0.1, 0.15) is 17.8 Å².